The lowest BCUT2D eigenvalue weighted by atomic mass is 10.1. The van der Waals surface area contributed by atoms with Crippen molar-refractivity contribution in [2.24, 2.45) is 10.7 Å². The SMILES string of the molecule is CCCC1(NC(N)=NC)CC1. The molecule has 1 saturated carbocycles. The predicted molar refractivity (Wildman–Crippen MR) is 47.6 cm³/mol. The number of aliphatic imine (C=N–C) groups is 1. The van der Waals surface area contributed by atoms with Crippen molar-refractivity contribution in [3.63, 3.8) is 0 Å². The summed E-state index contributed by atoms with van der Waals surface area (Å²) >= 11 is 0. The average molecular weight is 155 g/mol. The number of nitrogens with zero attached hydrogens (tertiary/aromatic N) is 1. The van der Waals surface area contributed by atoms with Crippen LogP contribution in [-0.4, -0.2) is 18.5 Å². The van der Waals surface area contributed by atoms with Gasteiger partial charge in [-0.25, -0.2) is 0 Å². The fourth-order valence-electron chi connectivity index (χ4n) is 1.39. The number of nitrogens with one attached hydrogen (secondary N) is 1. The van der Waals surface area contributed by atoms with Gasteiger partial charge in [-0.2, -0.15) is 0 Å². The highest BCUT2D eigenvalue weighted by atomic mass is 15.2. The van der Waals surface area contributed by atoms with Crippen molar-refractivity contribution in [2.75, 3.05) is 7.05 Å². The molecular weight excluding hydrogens is 138 g/mol. The second kappa shape index (κ2) is 3.11. The number of guanidine groups is 1. The summed E-state index contributed by atoms with van der Waals surface area (Å²) < 4.78 is 0. The van der Waals surface area contributed by atoms with Crippen LogP contribution >= 0.6 is 0 Å². The molecule has 11 heavy (non-hydrogen) atoms. The maximum absolute atomic E-state index is 5.57. The lowest BCUT2D eigenvalue weighted by molar-refractivity contribution is 0.538. The minimum absolute atomic E-state index is 0.318. The third kappa shape index (κ3) is 2.10. The molecule has 0 aromatic heterocycles. The van der Waals surface area contributed by atoms with Crippen LogP contribution in [0, 0.1) is 0 Å². The molecule has 0 amide bonds. The average Bonchev–Trinajstić information content (AvgIpc) is 2.70. The maximum Gasteiger partial charge on any atom is 0.188 e. The third-order valence-corrected chi connectivity index (χ3v) is 2.22. The van der Waals surface area contributed by atoms with Gasteiger partial charge in [0.25, 0.3) is 0 Å². The van der Waals surface area contributed by atoms with Crippen molar-refractivity contribution >= 4 is 5.96 Å². The first kappa shape index (κ1) is 8.37. The number of rotatable bonds is 3. The van der Waals surface area contributed by atoms with Gasteiger partial charge in [-0.1, -0.05) is 13.3 Å². The van der Waals surface area contributed by atoms with Gasteiger partial charge in [-0.05, 0) is 19.3 Å². The van der Waals surface area contributed by atoms with E-state index in [4.69, 9.17) is 5.73 Å². The zero-order valence-electron chi connectivity index (χ0n) is 7.35. The van der Waals surface area contributed by atoms with Crippen molar-refractivity contribution in [2.45, 2.75) is 38.1 Å². The quantitative estimate of drug-likeness (QED) is 0.469. The molecule has 0 aliphatic heterocycles. The first-order valence-corrected chi connectivity index (χ1v) is 4.23. The minimum atomic E-state index is 0.318. The van der Waals surface area contributed by atoms with E-state index in [1.165, 1.54) is 25.7 Å². The molecule has 64 valence electrons. The summed E-state index contributed by atoms with van der Waals surface area (Å²) in [4.78, 5) is 3.88. The summed E-state index contributed by atoms with van der Waals surface area (Å²) in [6.45, 7) is 2.20. The maximum atomic E-state index is 5.57. The summed E-state index contributed by atoms with van der Waals surface area (Å²) in [7, 11) is 1.71. The molecule has 1 aliphatic carbocycles. The van der Waals surface area contributed by atoms with Gasteiger partial charge in [0, 0.05) is 12.6 Å². The second-order valence-corrected chi connectivity index (χ2v) is 3.26. The Bertz CT molecular complexity index is 159. The van der Waals surface area contributed by atoms with Gasteiger partial charge in [0.1, 0.15) is 0 Å². The van der Waals surface area contributed by atoms with E-state index in [1.54, 1.807) is 7.05 Å². The Morgan fingerprint density at radius 2 is 2.27 bits per heavy atom. The van der Waals surface area contributed by atoms with Gasteiger partial charge in [0.15, 0.2) is 5.96 Å². The third-order valence-electron chi connectivity index (χ3n) is 2.22. The first-order valence-electron chi connectivity index (χ1n) is 4.23. The van der Waals surface area contributed by atoms with Crippen LogP contribution in [0.5, 0.6) is 0 Å². The van der Waals surface area contributed by atoms with Gasteiger partial charge < -0.3 is 11.1 Å². The van der Waals surface area contributed by atoms with Crippen LogP contribution in [0.15, 0.2) is 4.99 Å². The van der Waals surface area contributed by atoms with Crippen LogP contribution in [0.1, 0.15) is 32.6 Å². The molecule has 0 aromatic carbocycles. The van der Waals surface area contributed by atoms with Crippen LogP contribution in [0.2, 0.25) is 0 Å². The fourth-order valence-corrected chi connectivity index (χ4v) is 1.39. The Morgan fingerprint density at radius 3 is 2.64 bits per heavy atom. The normalized spacial score (nSPS) is 21.5. The molecule has 0 radical (unpaired) electrons. The summed E-state index contributed by atoms with van der Waals surface area (Å²) in [5.74, 6) is 0.580. The van der Waals surface area contributed by atoms with Crippen molar-refractivity contribution in [3.8, 4) is 0 Å². The Hall–Kier alpha value is -0.730. The molecule has 0 aromatic rings. The summed E-state index contributed by atoms with van der Waals surface area (Å²) in [6.07, 6.45) is 4.92. The van der Waals surface area contributed by atoms with Crippen LogP contribution in [-0.2, 0) is 0 Å². The smallest absolute Gasteiger partial charge is 0.188 e. The van der Waals surface area contributed by atoms with E-state index in [1.807, 2.05) is 0 Å². The minimum Gasteiger partial charge on any atom is -0.370 e. The Labute approximate surface area is 68.1 Å². The van der Waals surface area contributed by atoms with Crippen molar-refractivity contribution in [3.05, 3.63) is 0 Å². The second-order valence-electron chi connectivity index (χ2n) is 3.26. The summed E-state index contributed by atoms with van der Waals surface area (Å²) in [5.41, 5.74) is 5.89. The molecule has 3 nitrogen and oxygen atoms in total. The molecule has 0 atom stereocenters. The highest BCUT2D eigenvalue weighted by Gasteiger charge is 2.41. The van der Waals surface area contributed by atoms with Gasteiger partial charge in [-0.15, -0.1) is 0 Å². The van der Waals surface area contributed by atoms with E-state index in [0.717, 1.165) is 0 Å². The van der Waals surface area contributed by atoms with Crippen molar-refractivity contribution < 1.29 is 0 Å². The molecule has 1 fully saturated rings. The predicted octanol–water partition coefficient (Wildman–Crippen LogP) is 0.853. The zero-order valence-corrected chi connectivity index (χ0v) is 7.35. The van der Waals surface area contributed by atoms with Gasteiger partial charge in [0.2, 0.25) is 0 Å². The monoisotopic (exact) mass is 155 g/mol. The molecule has 0 spiro atoms. The summed E-state index contributed by atoms with van der Waals surface area (Å²) in [6, 6.07) is 0. The molecule has 1 aliphatic rings. The molecule has 0 saturated heterocycles. The van der Waals surface area contributed by atoms with Crippen LogP contribution < -0.4 is 11.1 Å². The number of hydrogen-bond donors (Lipinski definition) is 2. The highest BCUT2D eigenvalue weighted by molar-refractivity contribution is 5.78. The lowest BCUT2D eigenvalue weighted by Gasteiger charge is -2.16. The van der Waals surface area contributed by atoms with Crippen LogP contribution in [0.25, 0.3) is 0 Å². The van der Waals surface area contributed by atoms with Crippen molar-refractivity contribution in [1.82, 2.24) is 5.32 Å². The molecule has 1 rings (SSSR count). The first-order chi connectivity index (χ1) is 5.22. The fraction of sp³-hybridized carbons (Fsp3) is 0.875. The van der Waals surface area contributed by atoms with E-state index < -0.39 is 0 Å². The van der Waals surface area contributed by atoms with E-state index in [2.05, 4.69) is 17.2 Å². The largest absolute Gasteiger partial charge is 0.370 e. The van der Waals surface area contributed by atoms with E-state index in [0.29, 0.717) is 11.5 Å². The molecular formula is C8H17N3. The standard InChI is InChI=1S/C8H17N3/c1-3-4-8(5-6-8)11-7(9)10-2/h3-6H2,1-2H3,(H3,9,10,11). The topological polar surface area (TPSA) is 50.4 Å². The molecule has 0 bridgehead atoms. The van der Waals surface area contributed by atoms with Gasteiger partial charge >= 0.3 is 0 Å². The number of hydrogen-bond acceptors (Lipinski definition) is 1. The van der Waals surface area contributed by atoms with Gasteiger partial charge in [0.05, 0.1) is 0 Å². The molecule has 3 heteroatoms. The Morgan fingerprint density at radius 1 is 1.64 bits per heavy atom. The van der Waals surface area contributed by atoms with Gasteiger partial charge in [-0.3, -0.25) is 4.99 Å². The highest BCUT2D eigenvalue weighted by Crippen LogP contribution is 2.39. The van der Waals surface area contributed by atoms with Crippen molar-refractivity contribution in [1.29, 1.82) is 0 Å². The lowest BCUT2D eigenvalue weighted by Crippen LogP contribution is -2.41. The van der Waals surface area contributed by atoms with E-state index in [-0.39, 0.29) is 0 Å². The zero-order chi connectivity index (χ0) is 8.32. The van der Waals surface area contributed by atoms with Crippen LogP contribution in [0.4, 0.5) is 0 Å². The summed E-state index contributed by atoms with van der Waals surface area (Å²) in [5, 5.41) is 3.25. The molecule has 0 heterocycles. The molecule has 3 N–H and O–H groups in total. The Kier molecular flexibility index (Phi) is 2.37. The number of nitrogens with two attached hydrogens (primary N) is 1. The van der Waals surface area contributed by atoms with Crippen LogP contribution in [0.3, 0.4) is 0 Å². The van der Waals surface area contributed by atoms with E-state index >= 15 is 0 Å². The molecule has 0 unspecified atom stereocenters. The van der Waals surface area contributed by atoms with E-state index in [9.17, 15) is 0 Å². The Balaban J connectivity index is 2.35.